The van der Waals surface area contributed by atoms with Gasteiger partial charge in [0.25, 0.3) is 0 Å². The molecule has 2 aliphatic rings. The van der Waals surface area contributed by atoms with Gasteiger partial charge in [0.05, 0.1) is 5.41 Å². The first-order valence-corrected chi connectivity index (χ1v) is 7.39. The highest BCUT2D eigenvalue weighted by Crippen LogP contribution is 2.55. The number of hydrogen-bond donors (Lipinski definition) is 1. The molecule has 0 bridgehead atoms. The first kappa shape index (κ1) is 14.9. The highest BCUT2D eigenvalue weighted by Gasteiger charge is 2.51. The Bertz CT molecular complexity index is 389. The Morgan fingerprint density at radius 1 is 1.32 bits per heavy atom. The summed E-state index contributed by atoms with van der Waals surface area (Å²) in [4.78, 5) is 24.9. The number of likely N-dealkylation sites (tertiary alicyclic amines) is 1. The molecule has 0 aromatic heterocycles. The minimum atomic E-state index is -0.772. The molecular formula is C13H19Cl2NO3. The summed E-state index contributed by atoms with van der Waals surface area (Å²) in [5.74, 6) is -0.455. The van der Waals surface area contributed by atoms with Crippen LogP contribution in [0.1, 0.15) is 39.0 Å². The van der Waals surface area contributed by atoms with E-state index in [2.05, 4.69) is 0 Å². The first-order valence-electron chi connectivity index (χ1n) is 6.64. The molecule has 108 valence electrons. The quantitative estimate of drug-likeness (QED) is 0.812. The zero-order valence-corrected chi connectivity index (χ0v) is 12.5. The minimum Gasteiger partial charge on any atom is -0.481 e. The molecule has 1 saturated heterocycles. The number of carboxylic acids is 1. The lowest BCUT2D eigenvalue weighted by atomic mass is 9.80. The first-order chi connectivity index (χ1) is 8.74. The number of hydrogen-bond acceptors (Lipinski definition) is 2. The standard InChI is InChI=1S/C13H19Cl2NO3/c1-12(11(18)19)4-6-16(7-5-12)10(17)3-2-9-8-13(9,14)15/h9H,2-8H2,1H3,(H,18,19). The smallest absolute Gasteiger partial charge is 0.309 e. The third-order valence-corrected chi connectivity index (χ3v) is 5.32. The minimum absolute atomic E-state index is 0.0865. The summed E-state index contributed by atoms with van der Waals surface area (Å²) in [6.07, 6.45) is 2.98. The molecule has 1 atom stereocenters. The Hall–Kier alpha value is -0.480. The maximum atomic E-state index is 12.0. The lowest BCUT2D eigenvalue weighted by Gasteiger charge is -2.36. The van der Waals surface area contributed by atoms with Gasteiger partial charge in [-0.3, -0.25) is 9.59 Å². The van der Waals surface area contributed by atoms with Crippen molar-refractivity contribution < 1.29 is 14.7 Å². The second-order valence-corrected chi connectivity index (χ2v) is 7.49. The second kappa shape index (κ2) is 5.13. The Labute approximate surface area is 123 Å². The van der Waals surface area contributed by atoms with Crippen molar-refractivity contribution >= 4 is 35.1 Å². The molecule has 19 heavy (non-hydrogen) atoms. The summed E-state index contributed by atoms with van der Waals surface area (Å²) in [6.45, 7) is 2.80. The fourth-order valence-electron chi connectivity index (χ4n) is 2.50. The predicted octanol–water partition coefficient (Wildman–Crippen LogP) is 2.67. The van der Waals surface area contributed by atoms with Gasteiger partial charge in [-0.1, -0.05) is 0 Å². The normalized spacial score (nSPS) is 27.9. The number of halogens is 2. The molecule has 1 aliphatic carbocycles. The van der Waals surface area contributed by atoms with Gasteiger partial charge in [-0.2, -0.15) is 0 Å². The zero-order chi connectivity index (χ0) is 14.3. The third kappa shape index (κ3) is 3.34. The van der Waals surface area contributed by atoms with Gasteiger partial charge in [0.15, 0.2) is 0 Å². The van der Waals surface area contributed by atoms with E-state index in [9.17, 15) is 9.59 Å². The van der Waals surface area contributed by atoms with E-state index in [4.69, 9.17) is 28.3 Å². The summed E-state index contributed by atoms with van der Waals surface area (Å²) in [5, 5.41) is 9.13. The van der Waals surface area contributed by atoms with Crippen LogP contribution in [0.2, 0.25) is 0 Å². The summed E-state index contributed by atoms with van der Waals surface area (Å²) in [7, 11) is 0. The summed E-state index contributed by atoms with van der Waals surface area (Å²) < 4.78 is -0.621. The molecule has 1 unspecified atom stereocenters. The van der Waals surface area contributed by atoms with E-state index in [1.54, 1.807) is 11.8 Å². The largest absolute Gasteiger partial charge is 0.481 e. The predicted molar refractivity (Wildman–Crippen MR) is 73.3 cm³/mol. The fourth-order valence-corrected chi connectivity index (χ4v) is 3.09. The molecule has 2 rings (SSSR count). The molecule has 1 aliphatic heterocycles. The van der Waals surface area contributed by atoms with Crippen molar-refractivity contribution in [2.24, 2.45) is 11.3 Å². The average molecular weight is 308 g/mol. The molecule has 4 nitrogen and oxygen atoms in total. The van der Waals surface area contributed by atoms with Gasteiger partial charge in [0, 0.05) is 19.5 Å². The number of piperidine rings is 1. The summed E-state index contributed by atoms with van der Waals surface area (Å²) in [5.41, 5.74) is -0.686. The van der Waals surface area contributed by atoms with Crippen molar-refractivity contribution in [3.8, 4) is 0 Å². The van der Waals surface area contributed by atoms with E-state index in [0.29, 0.717) is 32.4 Å². The molecule has 2 fully saturated rings. The molecule has 1 saturated carbocycles. The van der Waals surface area contributed by atoms with Gasteiger partial charge < -0.3 is 10.0 Å². The van der Waals surface area contributed by atoms with Gasteiger partial charge in [0.1, 0.15) is 4.33 Å². The van der Waals surface area contributed by atoms with Crippen LogP contribution in [-0.2, 0) is 9.59 Å². The SMILES string of the molecule is CC1(C(=O)O)CCN(C(=O)CCC2CC2(Cl)Cl)CC1. The van der Waals surface area contributed by atoms with Crippen molar-refractivity contribution in [2.75, 3.05) is 13.1 Å². The van der Waals surface area contributed by atoms with Gasteiger partial charge in [0.2, 0.25) is 5.91 Å². The maximum absolute atomic E-state index is 12.0. The number of alkyl halides is 2. The van der Waals surface area contributed by atoms with E-state index in [0.717, 1.165) is 12.8 Å². The molecule has 1 N–H and O–H groups in total. The number of aliphatic carboxylic acids is 1. The maximum Gasteiger partial charge on any atom is 0.309 e. The second-order valence-electron chi connectivity index (χ2n) is 5.95. The molecule has 6 heteroatoms. The number of carbonyl (C=O) groups is 2. The van der Waals surface area contributed by atoms with Crippen LogP contribution in [0.15, 0.2) is 0 Å². The van der Waals surface area contributed by atoms with Crippen LogP contribution in [0.25, 0.3) is 0 Å². The van der Waals surface area contributed by atoms with E-state index in [-0.39, 0.29) is 11.8 Å². The Morgan fingerprint density at radius 3 is 2.26 bits per heavy atom. The molecule has 0 spiro atoms. The van der Waals surface area contributed by atoms with Gasteiger partial charge >= 0.3 is 5.97 Å². The number of amides is 1. The topological polar surface area (TPSA) is 57.6 Å². The van der Waals surface area contributed by atoms with Crippen molar-refractivity contribution in [2.45, 2.75) is 43.4 Å². The van der Waals surface area contributed by atoms with Crippen LogP contribution in [0, 0.1) is 11.3 Å². The summed E-state index contributed by atoms with van der Waals surface area (Å²) >= 11 is 11.8. The van der Waals surface area contributed by atoms with Crippen LogP contribution in [0.3, 0.4) is 0 Å². The highest BCUT2D eigenvalue weighted by molar-refractivity contribution is 6.50. The molecule has 0 aromatic rings. The number of rotatable bonds is 4. The number of nitrogens with zero attached hydrogens (tertiary/aromatic N) is 1. The van der Waals surface area contributed by atoms with Crippen LogP contribution in [-0.4, -0.2) is 39.3 Å². The Kier molecular flexibility index (Phi) is 4.03. The van der Waals surface area contributed by atoms with Crippen molar-refractivity contribution in [3.05, 3.63) is 0 Å². The van der Waals surface area contributed by atoms with Crippen LogP contribution in [0.4, 0.5) is 0 Å². The Balaban J connectivity index is 1.75. The van der Waals surface area contributed by atoms with Crippen molar-refractivity contribution in [3.63, 3.8) is 0 Å². The van der Waals surface area contributed by atoms with Crippen molar-refractivity contribution in [1.82, 2.24) is 4.90 Å². The van der Waals surface area contributed by atoms with Gasteiger partial charge in [-0.05, 0) is 38.5 Å². The van der Waals surface area contributed by atoms with E-state index in [1.807, 2.05) is 0 Å². The summed E-state index contributed by atoms with van der Waals surface area (Å²) in [6, 6.07) is 0. The number of carbonyl (C=O) groups excluding carboxylic acids is 1. The highest BCUT2D eigenvalue weighted by atomic mass is 35.5. The number of carboxylic acid groups (broad SMARTS) is 1. The molecule has 0 aromatic carbocycles. The van der Waals surface area contributed by atoms with Gasteiger partial charge in [-0.25, -0.2) is 0 Å². The molecule has 0 radical (unpaired) electrons. The fraction of sp³-hybridized carbons (Fsp3) is 0.846. The van der Waals surface area contributed by atoms with Crippen LogP contribution in [0.5, 0.6) is 0 Å². The van der Waals surface area contributed by atoms with Crippen LogP contribution < -0.4 is 0 Å². The zero-order valence-electron chi connectivity index (χ0n) is 11.0. The van der Waals surface area contributed by atoms with E-state index in [1.165, 1.54) is 0 Å². The van der Waals surface area contributed by atoms with E-state index < -0.39 is 15.7 Å². The van der Waals surface area contributed by atoms with E-state index >= 15 is 0 Å². The van der Waals surface area contributed by atoms with Crippen LogP contribution >= 0.6 is 23.2 Å². The Morgan fingerprint density at radius 2 is 1.84 bits per heavy atom. The van der Waals surface area contributed by atoms with Crippen molar-refractivity contribution in [1.29, 1.82) is 0 Å². The molecule has 1 heterocycles. The lowest BCUT2D eigenvalue weighted by Crippen LogP contribution is -2.45. The van der Waals surface area contributed by atoms with Gasteiger partial charge in [-0.15, -0.1) is 23.2 Å². The molecular weight excluding hydrogens is 289 g/mol. The average Bonchev–Trinajstić information content (AvgIpc) is 2.95. The molecule has 1 amide bonds. The lowest BCUT2D eigenvalue weighted by molar-refractivity contribution is -0.153. The monoisotopic (exact) mass is 307 g/mol. The third-order valence-electron chi connectivity index (χ3n) is 4.40.